The molecular formula is C16H23NO4. The number of carbonyl (C=O) groups excluding carboxylic acids is 1. The number of ether oxygens (including phenoxy) is 3. The Morgan fingerprint density at radius 1 is 1.29 bits per heavy atom. The Morgan fingerprint density at radius 2 is 2.05 bits per heavy atom. The fourth-order valence-corrected chi connectivity index (χ4v) is 2.20. The van der Waals surface area contributed by atoms with E-state index in [0.717, 1.165) is 12.8 Å². The minimum Gasteiger partial charge on any atom is -0.493 e. The monoisotopic (exact) mass is 293 g/mol. The van der Waals surface area contributed by atoms with Crippen LogP contribution >= 0.6 is 0 Å². The number of carbonyl (C=O) groups is 1. The first-order chi connectivity index (χ1) is 10.3. The van der Waals surface area contributed by atoms with Crippen molar-refractivity contribution in [3.63, 3.8) is 0 Å². The van der Waals surface area contributed by atoms with Gasteiger partial charge in [0.25, 0.3) is 5.91 Å². The first-order valence-corrected chi connectivity index (χ1v) is 7.44. The molecule has 1 aliphatic rings. The van der Waals surface area contributed by atoms with Crippen molar-refractivity contribution in [2.45, 2.75) is 19.8 Å². The lowest BCUT2D eigenvalue weighted by Crippen LogP contribution is -2.40. The van der Waals surface area contributed by atoms with Crippen LogP contribution in [0.25, 0.3) is 0 Å². The van der Waals surface area contributed by atoms with Gasteiger partial charge < -0.3 is 19.1 Å². The summed E-state index contributed by atoms with van der Waals surface area (Å²) in [5.41, 5.74) is 0.622. The van der Waals surface area contributed by atoms with E-state index in [0.29, 0.717) is 50.0 Å². The van der Waals surface area contributed by atoms with Gasteiger partial charge >= 0.3 is 0 Å². The van der Waals surface area contributed by atoms with Crippen LogP contribution in [0, 0.1) is 0 Å². The number of hydrogen-bond donors (Lipinski definition) is 0. The summed E-state index contributed by atoms with van der Waals surface area (Å²) < 4.78 is 16.3. The molecule has 0 aromatic heterocycles. The molecule has 0 N–H and O–H groups in total. The van der Waals surface area contributed by atoms with Gasteiger partial charge in [-0.1, -0.05) is 13.3 Å². The molecule has 5 heteroatoms. The van der Waals surface area contributed by atoms with E-state index in [2.05, 4.69) is 6.92 Å². The quantitative estimate of drug-likeness (QED) is 0.755. The largest absolute Gasteiger partial charge is 0.493 e. The van der Waals surface area contributed by atoms with Crippen LogP contribution in [-0.2, 0) is 4.74 Å². The SMILES string of the molecule is CCCCOc1ccc(C(=O)N2CCOCC2)cc1OC. The van der Waals surface area contributed by atoms with Gasteiger partial charge in [0.2, 0.25) is 0 Å². The van der Waals surface area contributed by atoms with Crippen molar-refractivity contribution in [2.75, 3.05) is 40.0 Å². The van der Waals surface area contributed by atoms with Gasteiger partial charge in [0.15, 0.2) is 11.5 Å². The van der Waals surface area contributed by atoms with Crippen LogP contribution in [0.15, 0.2) is 18.2 Å². The molecule has 1 aromatic rings. The smallest absolute Gasteiger partial charge is 0.254 e. The minimum atomic E-state index is 0.0108. The molecule has 0 spiro atoms. The highest BCUT2D eigenvalue weighted by atomic mass is 16.5. The van der Waals surface area contributed by atoms with Gasteiger partial charge in [0.05, 0.1) is 26.9 Å². The second-order valence-corrected chi connectivity index (χ2v) is 4.97. The summed E-state index contributed by atoms with van der Waals surface area (Å²) in [5.74, 6) is 1.30. The van der Waals surface area contributed by atoms with Gasteiger partial charge in [0, 0.05) is 18.7 Å². The number of unbranched alkanes of at least 4 members (excludes halogenated alkanes) is 1. The van der Waals surface area contributed by atoms with Gasteiger partial charge in [-0.3, -0.25) is 4.79 Å². The van der Waals surface area contributed by atoms with Crippen molar-refractivity contribution in [3.05, 3.63) is 23.8 Å². The predicted molar refractivity (Wildman–Crippen MR) is 80.1 cm³/mol. The number of hydrogen-bond acceptors (Lipinski definition) is 4. The van der Waals surface area contributed by atoms with Gasteiger partial charge in [-0.05, 0) is 24.6 Å². The molecule has 1 fully saturated rings. The Labute approximate surface area is 125 Å². The number of rotatable bonds is 6. The van der Waals surface area contributed by atoms with E-state index in [4.69, 9.17) is 14.2 Å². The van der Waals surface area contributed by atoms with Crippen molar-refractivity contribution in [1.29, 1.82) is 0 Å². The van der Waals surface area contributed by atoms with E-state index in [9.17, 15) is 4.79 Å². The van der Waals surface area contributed by atoms with Crippen LogP contribution in [0.1, 0.15) is 30.1 Å². The summed E-state index contributed by atoms with van der Waals surface area (Å²) in [6, 6.07) is 5.35. The molecule has 0 saturated carbocycles. The Bertz CT molecular complexity index is 469. The third-order valence-electron chi connectivity index (χ3n) is 3.46. The first-order valence-electron chi connectivity index (χ1n) is 7.44. The fourth-order valence-electron chi connectivity index (χ4n) is 2.20. The van der Waals surface area contributed by atoms with Crippen LogP contribution in [0.2, 0.25) is 0 Å². The van der Waals surface area contributed by atoms with E-state index in [1.54, 1.807) is 24.1 Å². The minimum absolute atomic E-state index is 0.0108. The van der Waals surface area contributed by atoms with E-state index in [1.807, 2.05) is 6.07 Å². The maximum Gasteiger partial charge on any atom is 0.254 e. The zero-order chi connectivity index (χ0) is 15.1. The molecule has 0 unspecified atom stereocenters. The lowest BCUT2D eigenvalue weighted by atomic mass is 10.1. The topological polar surface area (TPSA) is 48.0 Å². The van der Waals surface area contributed by atoms with E-state index < -0.39 is 0 Å². The molecule has 21 heavy (non-hydrogen) atoms. The summed E-state index contributed by atoms with van der Waals surface area (Å²) >= 11 is 0. The van der Waals surface area contributed by atoms with Crippen LogP contribution in [0.3, 0.4) is 0 Å². The molecule has 1 amide bonds. The Kier molecular flexibility index (Phi) is 5.87. The van der Waals surface area contributed by atoms with Crippen molar-refractivity contribution in [2.24, 2.45) is 0 Å². The number of methoxy groups -OCH3 is 1. The van der Waals surface area contributed by atoms with Crippen LogP contribution in [0.4, 0.5) is 0 Å². The normalized spacial score (nSPS) is 14.9. The van der Waals surface area contributed by atoms with Gasteiger partial charge in [-0.25, -0.2) is 0 Å². The number of amides is 1. The van der Waals surface area contributed by atoms with E-state index in [-0.39, 0.29) is 5.91 Å². The zero-order valence-corrected chi connectivity index (χ0v) is 12.8. The third kappa shape index (κ3) is 4.11. The molecular weight excluding hydrogens is 270 g/mol. The first kappa shape index (κ1) is 15.6. The number of morpholine rings is 1. The maximum atomic E-state index is 12.4. The van der Waals surface area contributed by atoms with Gasteiger partial charge in [0.1, 0.15) is 0 Å². The Hall–Kier alpha value is -1.75. The summed E-state index contributed by atoms with van der Waals surface area (Å²) in [6.45, 7) is 5.24. The second-order valence-electron chi connectivity index (χ2n) is 4.97. The molecule has 1 aliphatic heterocycles. The molecule has 0 radical (unpaired) electrons. The van der Waals surface area contributed by atoms with Gasteiger partial charge in [-0.2, -0.15) is 0 Å². The van der Waals surface area contributed by atoms with Crippen molar-refractivity contribution in [1.82, 2.24) is 4.90 Å². The Balaban J connectivity index is 2.08. The summed E-state index contributed by atoms with van der Waals surface area (Å²) in [5, 5.41) is 0. The molecule has 1 heterocycles. The van der Waals surface area contributed by atoms with Crippen molar-refractivity contribution < 1.29 is 19.0 Å². The average Bonchev–Trinajstić information content (AvgIpc) is 2.55. The molecule has 5 nitrogen and oxygen atoms in total. The van der Waals surface area contributed by atoms with Crippen molar-refractivity contribution >= 4 is 5.91 Å². The standard InChI is InChI=1S/C16H23NO4/c1-3-4-9-21-14-6-5-13(12-15(14)19-2)16(18)17-7-10-20-11-8-17/h5-6,12H,3-4,7-11H2,1-2H3. The van der Waals surface area contributed by atoms with Crippen LogP contribution < -0.4 is 9.47 Å². The number of benzene rings is 1. The lowest BCUT2D eigenvalue weighted by molar-refractivity contribution is 0.0302. The van der Waals surface area contributed by atoms with Crippen LogP contribution in [-0.4, -0.2) is 50.8 Å². The van der Waals surface area contributed by atoms with E-state index in [1.165, 1.54) is 0 Å². The highest BCUT2D eigenvalue weighted by Gasteiger charge is 2.19. The summed E-state index contributed by atoms with van der Waals surface area (Å²) in [4.78, 5) is 14.2. The Morgan fingerprint density at radius 3 is 2.71 bits per heavy atom. The molecule has 1 saturated heterocycles. The predicted octanol–water partition coefficient (Wildman–Crippen LogP) is 2.35. The van der Waals surface area contributed by atoms with E-state index >= 15 is 0 Å². The summed E-state index contributed by atoms with van der Waals surface area (Å²) in [7, 11) is 1.59. The maximum absolute atomic E-state index is 12.4. The molecule has 1 aromatic carbocycles. The molecule has 0 bridgehead atoms. The molecule has 2 rings (SSSR count). The molecule has 0 aliphatic carbocycles. The highest BCUT2D eigenvalue weighted by molar-refractivity contribution is 5.95. The van der Waals surface area contributed by atoms with Crippen molar-refractivity contribution in [3.8, 4) is 11.5 Å². The molecule has 116 valence electrons. The average molecular weight is 293 g/mol. The molecule has 0 atom stereocenters. The fraction of sp³-hybridized carbons (Fsp3) is 0.562. The number of nitrogens with zero attached hydrogens (tertiary/aromatic N) is 1. The zero-order valence-electron chi connectivity index (χ0n) is 12.8. The summed E-state index contributed by atoms with van der Waals surface area (Å²) in [6.07, 6.45) is 2.08. The van der Waals surface area contributed by atoms with Crippen LogP contribution in [0.5, 0.6) is 11.5 Å². The lowest BCUT2D eigenvalue weighted by Gasteiger charge is -2.27. The highest BCUT2D eigenvalue weighted by Crippen LogP contribution is 2.28. The van der Waals surface area contributed by atoms with Gasteiger partial charge in [-0.15, -0.1) is 0 Å². The second kappa shape index (κ2) is 7.88. The third-order valence-corrected chi connectivity index (χ3v) is 3.46.